The van der Waals surface area contributed by atoms with Gasteiger partial charge in [-0.3, -0.25) is 14.9 Å². The highest BCUT2D eigenvalue weighted by atomic mass is 79.9. The standard InChI is InChI=1S/C10H13BrN2O4/c11-6-2-1-3-7-12-10(14)8-4-5-9(17-8)13(15)16/h4-5H,1-3,6-7H2,(H,12,14). The lowest BCUT2D eigenvalue weighted by atomic mass is 10.2. The number of carbonyl (C=O) groups is 1. The van der Waals surface area contributed by atoms with Crippen LogP contribution in [0.4, 0.5) is 5.88 Å². The van der Waals surface area contributed by atoms with E-state index in [-0.39, 0.29) is 5.76 Å². The Morgan fingerprint density at radius 2 is 2.18 bits per heavy atom. The Kier molecular flexibility index (Phi) is 5.68. The molecule has 0 spiro atoms. The van der Waals surface area contributed by atoms with Crippen LogP contribution in [-0.2, 0) is 0 Å². The molecular weight excluding hydrogens is 292 g/mol. The molecule has 0 fully saturated rings. The van der Waals surface area contributed by atoms with Crippen LogP contribution in [0, 0.1) is 10.1 Å². The molecule has 0 aliphatic rings. The smallest absolute Gasteiger partial charge is 0.395 e. The van der Waals surface area contributed by atoms with E-state index in [9.17, 15) is 14.9 Å². The van der Waals surface area contributed by atoms with E-state index < -0.39 is 16.7 Å². The van der Waals surface area contributed by atoms with Crippen LogP contribution in [0.2, 0.25) is 0 Å². The maximum Gasteiger partial charge on any atom is 0.433 e. The number of unbranched alkanes of at least 4 members (excludes halogenated alkanes) is 2. The van der Waals surface area contributed by atoms with Crippen LogP contribution in [-0.4, -0.2) is 22.7 Å². The number of nitro groups is 1. The van der Waals surface area contributed by atoms with Crippen LogP contribution in [0.25, 0.3) is 0 Å². The van der Waals surface area contributed by atoms with E-state index in [1.54, 1.807) is 0 Å². The van der Waals surface area contributed by atoms with E-state index in [1.165, 1.54) is 12.1 Å². The summed E-state index contributed by atoms with van der Waals surface area (Å²) >= 11 is 3.32. The average Bonchev–Trinajstić information content (AvgIpc) is 2.78. The number of halogens is 1. The summed E-state index contributed by atoms with van der Waals surface area (Å²) in [5.41, 5.74) is 0. The maximum atomic E-state index is 11.5. The number of carbonyl (C=O) groups excluding carboxylic acids is 1. The summed E-state index contributed by atoms with van der Waals surface area (Å²) < 4.78 is 4.77. The quantitative estimate of drug-likeness (QED) is 0.363. The van der Waals surface area contributed by atoms with Crippen molar-refractivity contribution in [1.29, 1.82) is 0 Å². The van der Waals surface area contributed by atoms with Crippen molar-refractivity contribution in [2.45, 2.75) is 19.3 Å². The predicted octanol–water partition coefficient (Wildman–Crippen LogP) is 2.48. The fourth-order valence-electron chi connectivity index (χ4n) is 1.23. The third-order valence-electron chi connectivity index (χ3n) is 2.09. The van der Waals surface area contributed by atoms with Gasteiger partial charge in [0.05, 0.1) is 6.07 Å². The molecule has 17 heavy (non-hydrogen) atoms. The Hall–Kier alpha value is -1.37. The minimum Gasteiger partial charge on any atom is -0.395 e. The van der Waals surface area contributed by atoms with Gasteiger partial charge >= 0.3 is 5.88 Å². The van der Waals surface area contributed by atoms with Crippen LogP contribution < -0.4 is 5.32 Å². The molecule has 1 aromatic heterocycles. The van der Waals surface area contributed by atoms with Gasteiger partial charge in [-0.05, 0) is 18.9 Å². The summed E-state index contributed by atoms with van der Waals surface area (Å²) in [6, 6.07) is 2.46. The van der Waals surface area contributed by atoms with Crippen LogP contribution in [0.5, 0.6) is 0 Å². The van der Waals surface area contributed by atoms with E-state index >= 15 is 0 Å². The van der Waals surface area contributed by atoms with Gasteiger partial charge in [0.2, 0.25) is 0 Å². The van der Waals surface area contributed by atoms with Crippen molar-refractivity contribution in [1.82, 2.24) is 5.32 Å². The minimum absolute atomic E-state index is 0.0304. The molecule has 94 valence electrons. The van der Waals surface area contributed by atoms with Crippen LogP contribution in [0.1, 0.15) is 29.8 Å². The summed E-state index contributed by atoms with van der Waals surface area (Å²) in [6.45, 7) is 0.542. The Bertz CT molecular complexity index is 391. The number of nitrogens with zero attached hydrogens (tertiary/aromatic N) is 1. The van der Waals surface area contributed by atoms with E-state index in [4.69, 9.17) is 4.42 Å². The van der Waals surface area contributed by atoms with E-state index in [1.807, 2.05) is 0 Å². The fourth-order valence-corrected chi connectivity index (χ4v) is 1.63. The number of nitrogens with one attached hydrogen (secondary N) is 1. The van der Waals surface area contributed by atoms with Gasteiger partial charge in [-0.25, -0.2) is 0 Å². The zero-order chi connectivity index (χ0) is 12.7. The summed E-state index contributed by atoms with van der Waals surface area (Å²) in [4.78, 5) is 21.1. The largest absolute Gasteiger partial charge is 0.433 e. The highest BCUT2D eigenvalue weighted by molar-refractivity contribution is 9.09. The number of amides is 1. The number of rotatable bonds is 7. The van der Waals surface area contributed by atoms with Crippen LogP contribution >= 0.6 is 15.9 Å². The Labute approximate surface area is 107 Å². The van der Waals surface area contributed by atoms with Gasteiger partial charge in [0.1, 0.15) is 4.92 Å². The Morgan fingerprint density at radius 3 is 2.76 bits per heavy atom. The molecule has 0 saturated heterocycles. The Morgan fingerprint density at radius 1 is 1.41 bits per heavy atom. The van der Waals surface area contributed by atoms with Crippen molar-refractivity contribution in [3.63, 3.8) is 0 Å². The van der Waals surface area contributed by atoms with Gasteiger partial charge in [-0.2, -0.15) is 0 Å². The molecule has 1 rings (SSSR count). The SMILES string of the molecule is O=C(NCCCCCBr)c1ccc([N+](=O)[O-])o1. The lowest BCUT2D eigenvalue weighted by Gasteiger charge is -2.01. The zero-order valence-electron chi connectivity index (χ0n) is 9.15. The lowest BCUT2D eigenvalue weighted by Crippen LogP contribution is -2.23. The lowest BCUT2D eigenvalue weighted by molar-refractivity contribution is -0.402. The van der Waals surface area contributed by atoms with Crippen LogP contribution in [0.3, 0.4) is 0 Å². The number of alkyl halides is 1. The third kappa shape index (κ3) is 4.56. The molecule has 7 heteroatoms. The fraction of sp³-hybridized carbons (Fsp3) is 0.500. The van der Waals surface area contributed by atoms with Crippen molar-refractivity contribution in [2.75, 3.05) is 11.9 Å². The van der Waals surface area contributed by atoms with Crippen molar-refractivity contribution < 1.29 is 14.1 Å². The highest BCUT2D eigenvalue weighted by Crippen LogP contribution is 2.15. The molecule has 0 bridgehead atoms. The second kappa shape index (κ2) is 7.05. The van der Waals surface area contributed by atoms with E-state index in [0.29, 0.717) is 6.54 Å². The van der Waals surface area contributed by atoms with Gasteiger partial charge in [0.25, 0.3) is 5.91 Å². The first-order chi connectivity index (χ1) is 8.15. The maximum absolute atomic E-state index is 11.5. The summed E-state index contributed by atoms with van der Waals surface area (Å²) in [7, 11) is 0. The van der Waals surface area contributed by atoms with Gasteiger partial charge in [-0.15, -0.1) is 0 Å². The number of furan rings is 1. The average molecular weight is 305 g/mol. The Balaban J connectivity index is 2.34. The molecule has 0 aliphatic heterocycles. The van der Waals surface area contributed by atoms with Crippen molar-refractivity contribution in [3.05, 3.63) is 28.0 Å². The second-order valence-electron chi connectivity index (χ2n) is 3.40. The third-order valence-corrected chi connectivity index (χ3v) is 2.65. The first kappa shape index (κ1) is 13.7. The number of hydrogen-bond acceptors (Lipinski definition) is 4. The molecule has 1 amide bonds. The van der Waals surface area contributed by atoms with Gasteiger partial charge in [-0.1, -0.05) is 22.4 Å². The van der Waals surface area contributed by atoms with Gasteiger partial charge < -0.3 is 9.73 Å². The molecule has 6 nitrogen and oxygen atoms in total. The summed E-state index contributed by atoms with van der Waals surface area (Å²) in [6.07, 6.45) is 2.95. The predicted molar refractivity (Wildman–Crippen MR) is 65.3 cm³/mol. The molecule has 0 saturated carbocycles. The van der Waals surface area contributed by atoms with Crippen molar-refractivity contribution in [3.8, 4) is 0 Å². The molecule has 1 aromatic rings. The van der Waals surface area contributed by atoms with Crippen molar-refractivity contribution >= 4 is 27.7 Å². The molecule has 0 atom stereocenters. The monoisotopic (exact) mass is 304 g/mol. The molecular formula is C10H13BrN2O4. The topological polar surface area (TPSA) is 85.4 Å². The molecule has 0 aromatic carbocycles. The first-order valence-electron chi connectivity index (χ1n) is 5.23. The molecule has 0 radical (unpaired) electrons. The van der Waals surface area contributed by atoms with E-state index in [2.05, 4.69) is 21.2 Å². The number of hydrogen-bond donors (Lipinski definition) is 1. The molecule has 0 unspecified atom stereocenters. The minimum atomic E-state index is -0.674. The highest BCUT2D eigenvalue weighted by Gasteiger charge is 2.16. The molecule has 0 aliphatic carbocycles. The van der Waals surface area contributed by atoms with Gasteiger partial charge in [0, 0.05) is 11.9 Å². The second-order valence-corrected chi connectivity index (χ2v) is 4.19. The van der Waals surface area contributed by atoms with Gasteiger partial charge in [0.15, 0.2) is 5.76 Å². The zero-order valence-corrected chi connectivity index (χ0v) is 10.7. The van der Waals surface area contributed by atoms with E-state index in [0.717, 1.165) is 24.6 Å². The van der Waals surface area contributed by atoms with Crippen molar-refractivity contribution in [2.24, 2.45) is 0 Å². The summed E-state index contributed by atoms with van der Waals surface area (Å²) in [5, 5.41) is 13.9. The molecule has 1 N–H and O–H groups in total. The normalized spacial score (nSPS) is 10.2. The molecule has 1 heterocycles. The summed E-state index contributed by atoms with van der Waals surface area (Å²) in [5.74, 6) is -0.872. The first-order valence-corrected chi connectivity index (χ1v) is 6.35. The van der Waals surface area contributed by atoms with Crippen LogP contribution in [0.15, 0.2) is 16.5 Å².